The Morgan fingerprint density at radius 2 is 1.21 bits per heavy atom. The number of nitro benzene ring substituents is 1. The molecule has 2 N–H and O–H groups in total. The Bertz CT molecular complexity index is 1610. The van der Waals surface area contributed by atoms with Gasteiger partial charge in [-0.2, -0.15) is 0 Å². The van der Waals surface area contributed by atoms with E-state index in [1.807, 2.05) is 48.5 Å². The fourth-order valence-electron chi connectivity index (χ4n) is 3.40. The summed E-state index contributed by atoms with van der Waals surface area (Å²) in [4.78, 5) is 36.1. The summed E-state index contributed by atoms with van der Waals surface area (Å²) in [5.74, 6) is 0. The van der Waals surface area contributed by atoms with Crippen LogP contribution in [0.2, 0.25) is 0 Å². The molecule has 0 aliphatic heterocycles. The highest BCUT2D eigenvalue weighted by Gasteiger charge is 2.18. The van der Waals surface area contributed by atoms with Crippen molar-refractivity contribution in [3.63, 3.8) is 0 Å². The minimum atomic E-state index is -0.440. The van der Waals surface area contributed by atoms with E-state index in [0.29, 0.717) is 31.4 Å². The number of nitrogens with one attached hydrogen (secondary N) is 2. The molecule has 6 rings (SSSR count). The van der Waals surface area contributed by atoms with Gasteiger partial charge >= 0.3 is 0 Å². The van der Waals surface area contributed by atoms with Gasteiger partial charge in [0, 0.05) is 12.1 Å². The van der Waals surface area contributed by atoms with Crippen molar-refractivity contribution in [1.29, 1.82) is 0 Å². The summed E-state index contributed by atoms with van der Waals surface area (Å²) < 4.78 is 0. The smallest absolute Gasteiger partial charge is 0.271 e. The Kier molecular flexibility index (Phi) is 4.70. The van der Waals surface area contributed by atoms with E-state index in [9.17, 15) is 10.1 Å². The number of non-ortho nitro benzene ring substituents is 1. The molecule has 0 saturated heterocycles. The quantitative estimate of drug-likeness (QED) is 0.246. The van der Waals surface area contributed by atoms with Crippen molar-refractivity contribution in [2.45, 2.75) is 20.4 Å². The highest BCUT2D eigenvalue weighted by molar-refractivity contribution is 8.02. The van der Waals surface area contributed by atoms with E-state index in [-0.39, 0.29) is 5.69 Å². The lowest BCUT2D eigenvalue weighted by molar-refractivity contribution is -0.384. The molecule has 0 fully saturated rings. The SMILES string of the molecule is O=[N+]([O-])c1ccc2nc(Sc3nc4ccccc4[nH]3)c(Sc3nc4ccccc4[nH]3)nc2c1. The monoisotopic (exact) mass is 471 g/mol. The molecule has 160 valence electrons. The molecule has 0 amide bonds. The molecule has 0 atom stereocenters. The molecule has 3 heterocycles. The molecule has 3 aromatic carbocycles. The van der Waals surface area contributed by atoms with Crippen molar-refractivity contribution in [2.24, 2.45) is 0 Å². The molecule has 0 bridgehead atoms. The first-order valence-electron chi connectivity index (χ1n) is 9.84. The standard InChI is InChI=1S/C22H13N7O2S2/c30-29(31)12-9-10-17-18(11-12)24-20(33-22-27-15-7-3-4-8-16(15)28-22)19(23-17)32-21-25-13-5-1-2-6-14(13)26-21/h1-11H,(H,25,26)(H,27,28). The highest BCUT2D eigenvalue weighted by Crippen LogP contribution is 2.37. The van der Waals surface area contributed by atoms with Crippen LogP contribution in [0.1, 0.15) is 0 Å². The molecular weight excluding hydrogens is 458 g/mol. The zero-order valence-electron chi connectivity index (χ0n) is 16.7. The number of hydrogen-bond donors (Lipinski definition) is 2. The van der Waals surface area contributed by atoms with E-state index in [0.717, 1.165) is 22.1 Å². The zero-order valence-corrected chi connectivity index (χ0v) is 18.4. The Morgan fingerprint density at radius 3 is 1.76 bits per heavy atom. The van der Waals surface area contributed by atoms with Gasteiger partial charge < -0.3 is 9.97 Å². The lowest BCUT2D eigenvalue weighted by atomic mass is 10.3. The van der Waals surface area contributed by atoms with Gasteiger partial charge in [0.15, 0.2) is 10.3 Å². The van der Waals surface area contributed by atoms with Crippen LogP contribution in [-0.4, -0.2) is 34.8 Å². The number of rotatable bonds is 5. The van der Waals surface area contributed by atoms with Crippen molar-refractivity contribution in [2.75, 3.05) is 0 Å². The number of imidazole rings is 2. The molecule has 11 heteroatoms. The number of benzene rings is 3. The van der Waals surface area contributed by atoms with Gasteiger partial charge in [0.1, 0.15) is 10.1 Å². The molecule has 0 aliphatic rings. The molecule has 0 saturated carbocycles. The third kappa shape index (κ3) is 3.77. The second-order valence-corrected chi connectivity index (χ2v) is 9.04. The van der Waals surface area contributed by atoms with E-state index >= 15 is 0 Å². The fourth-order valence-corrected chi connectivity index (χ4v) is 5.18. The van der Waals surface area contributed by atoms with Gasteiger partial charge in [0.2, 0.25) is 0 Å². The highest BCUT2D eigenvalue weighted by atomic mass is 32.2. The number of fused-ring (bicyclic) bond motifs is 3. The lowest BCUT2D eigenvalue weighted by Crippen LogP contribution is -1.95. The maximum atomic E-state index is 11.2. The molecule has 6 aromatic rings. The zero-order chi connectivity index (χ0) is 22.4. The number of H-pyrrole nitrogens is 2. The van der Waals surface area contributed by atoms with Gasteiger partial charge in [0.05, 0.1) is 38.0 Å². The van der Waals surface area contributed by atoms with Gasteiger partial charge in [0.25, 0.3) is 5.69 Å². The van der Waals surface area contributed by atoms with Gasteiger partial charge in [-0.1, -0.05) is 24.3 Å². The van der Waals surface area contributed by atoms with Crippen molar-refractivity contribution < 1.29 is 4.92 Å². The van der Waals surface area contributed by atoms with Crippen molar-refractivity contribution >= 4 is 62.3 Å². The average molecular weight is 472 g/mol. The van der Waals surface area contributed by atoms with Crippen LogP contribution in [0.15, 0.2) is 87.1 Å². The topological polar surface area (TPSA) is 126 Å². The fraction of sp³-hybridized carbons (Fsp3) is 0. The minimum absolute atomic E-state index is 0.0332. The average Bonchev–Trinajstić information content (AvgIpc) is 3.41. The summed E-state index contributed by atoms with van der Waals surface area (Å²) in [6, 6.07) is 20.0. The van der Waals surface area contributed by atoms with Crippen LogP contribution < -0.4 is 0 Å². The minimum Gasteiger partial charge on any atom is -0.333 e. The van der Waals surface area contributed by atoms with Crippen LogP contribution in [0.5, 0.6) is 0 Å². The number of para-hydroxylation sites is 4. The maximum absolute atomic E-state index is 11.2. The van der Waals surface area contributed by atoms with Crippen LogP contribution in [0, 0.1) is 10.1 Å². The van der Waals surface area contributed by atoms with E-state index in [2.05, 4.69) is 19.9 Å². The predicted molar refractivity (Wildman–Crippen MR) is 127 cm³/mol. The largest absolute Gasteiger partial charge is 0.333 e. The van der Waals surface area contributed by atoms with E-state index in [4.69, 9.17) is 9.97 Å². The number of nitrogens with zero attached hydrogens (tertiary/aromatic N) is 5. The molecule has 0 spiro atoms. The Labute approximate surface area is 194 Å². The van der Waals surface area contributed by atoms with Crippen molar-refractivity contribution in [1.82, 2.24) is 29.9 Å². The van der Waals surface area contributed by atoms with E-state index in [1.54, 1.807) is 6.07 Å². The first-order valence-corrected chi connectivity index (χ1v) is 11.5. The van der Waals surface area contributed by atoms with Crippen LogP contribution in [-0.2, 0) is 0 Å². The third-order valence-electron chi connectivity index (χ3n) is 4.92. The van der Waals surface area contributed by atoms with Crippen LogP contribution in [0.25, 0.3) is 33.1 Å². The lowest BCUT2D eigenvalue weighted by Gasteiger charge is -2.07. The summed E-state index contributed by atoms with van der Waals surface area (Å²) in [5, 5.41) is 13.8. The molecule has 0 unspecified atom stereocenters. The second kappa shape index (κ2) is 7.87. The molecule has 33 heavy (non-hydrogen) atoms. The number of nitro groups is 1. The molecule has 0 aliphatic carbocycles. The van der Waals surface area contributed by atoms with Crippen LogP contribution in [0.3, 0.4) is 0 Å². The molecular formula is C22H13N7O2S2. The molecule has 3 aromatic heterocycles. The van der Waals surface area contributed by atoms with Gasteiger partial charge in [-0.3, -0.25) is 10.1 Å². The maximum Gasteiger partial charge on any atom is 0.271 e. The first-order chi connectivity index (χ1) is 16.1. The van der Waals surface area contributed by atoms with Crippen LogP contribution in [0.4, 0.5) is 5.69 Å². The number of aromatic amines is 2. The van der Waals surface area contributed by atoms with Crippen LogP contribution >= 0.6 is 23.5 Å². The summed E-state index contributed by atoms with van der Waals surface area (Å²) in [7, 11) is 0. The third-order valence-corrected chi connectivity index (χ3v) is 6.78. The predicted octanol–water partition coefficient (Wildman–Crippen LogP) is 5.59. The van der Waals surface area contributed by atoms with Crippen molar-refractivity contribution in [3.8, 4) is 0 Å². The summed E-state index contributed by atoms with van der Waals surface area (Å²) in [6.45, 7) is 0. The summed E-state index contributed by atoms with van der Waals surface area (Å²) in [6.07, 6.45) is 0. The van der Waals surface area contributed by atoms with E-state index < -0.39 is 4.92 Å². The normalized spacial score (nSPS) is 11.5. The molecule has 9 nitrogen and oxygen atoms in total. The van der Waals surface area contributed by atoms with Crippen molar-refractivity contribution in [3.05, 3.63) is 76.8 Å². The Hall–Kier alpha value is -3.96. The second-order valence-electron chi connectivity index (χ2n) is 7.09. The van der Waals surface area contributed by atoms with Gasteiger partial charge in [-0.15, -0.1) is 0 Å². The Morgan fingerprint density at radius 1 is 0.667 bits per heavy atom. The van der Waals surface area contributed by atoms with E-state index in [1.165, 1.54) is 35.7 Å². The summed E-state index contributed by atoms with van der Waals surface area (Å²) in [5.41, 5.74) is 4.51. The number of aromatic nitrogens is 6. The first kappa shape index (κ1) is 19.7. The number of hydrogen-bond acceptors (Lipinski definition) is 8. The van der Waals surface area contributed by atoms with Gasteiger partial charge in [-0.25, -0.2) is 19.9 Å². The van der Waals surface area contributed by atoms with Gasteiger partial charge in [-0.05, 0) is 53.9 Å². The Balaban J connectivity index is 1.46. The molecule has 0 radical (unpaired) electrons. The summed E-state index contributed by atoms with van der Waals surface area (Å²) >= 11 is 2.68.